The fourth-order valence-corrected chi connectivity index (χ4v) is 3.19. The molecule has 1 aromatic heterocycles. The molecule has 0 atom stereocenters. The van der Waals surface area contributed by atoms with Crippen molar-refractivity contribution < 1.29 is 13.2 Å². The summed E-state index contributed by atoms with van der Waals surface area (Å²) < 4.78 is 30.5. The second kappa shape index (κ2) is 6.23. The van der Waals surface area contributed by atoms with Crippen LogP contribution in [0.3, 0.4) is 0 Å². The molecule has 0 saturated heterocycles. The minimum absolute atomic E-state index is 0.0561. The molecule has 2 rings (SSSR count). The molecule has 0 aliphatic rings. The van der Waals surface area contributed by atoms with E-state index in [1.165, 1.54) is 18.5 Å². The van der Waals surface area contributed by atoms with E-state index in [2.05, 4.69) is 20.9 Å². The molecule has 2 aromatic rings. The van der Waals surface area contributed by atoms with Gasteiger partial charge in [0.15, 0.2) is 9.84 Å². The standard InChI is InChI=1S/C13H13BrN2O3S/c14-10-2-1-3-11(8-10)19-6-7-20(17,18)13-4-5-16-9-12(13)15/h1-5,8-9H,6-7,15H2. The Morgan fingerprint density at radius 3 is 2.80 bits per heavy atom. The molecule has 1 aromatic carbocycles. The molecular formula is C13H13BrN2O3S. The monoisotopic (exact) mass is 356 g/mol. The Balaban J connectivity index is 2.02. The fraction of sp³-hybridized carbons (Fsp3) is 0.154. The average Bonchev–Trinajstić information content (AvgIpc) is 2.39. The smallest absolute Gasteiger partial charge is 0.183 e. The van der Waals surface area contributed by atoms with Crippen molar-refractivity contribution in [1.29, 1.82) is 0 Å². The molecule has 2 N–H and O–H groups in total. The normalized spacial score (nSPS) is 11.2. The first kappa shape index (κ1) is 14.8. The van der Waals surface area contributed by atoms with E-state index < -0.39 is 9.84 Å². The third kappa shape index (κ3) is 3.71. The predicted molar refractivity (Wildman–Crippen MR) is 80.3 cm³/mol. The summed E-state index contributed by atoms with van der Waals surface area (Å²) in [5, 5.41) is 0. The Bertz CT molecular complexity index is 704. The number of hydrogen-bond acceptors (Lipinski definition) is 5. The fourth-order valence-electron chi connectivity index (χ4n) is 1.61. The van der Waals surface area contributed by atoms with Gasteiger partial charge in [0.2, 0.25) is 0 Å². The van der Waals surface area contributed by atoms with Crippen LogP contribution in [0.15, 0.2) is 52.1 Å². The van der Waals surface area contributed by atoms with Gasteiger partial charge in [0.25, 0.3) is 0 Å². The summed E-state index contributed by atoms with van der Waals surface area (Å²) in [5.41, 5.74) is 5.77. The van der Waals surface area contributed by atoms with Gasteiger partial charge in [-0.1, -0.05) is 22.0 Å². The summed E-state index contributed by atoms with van der Waals surface area (Å²) in [6.07, 6.45) is 2.72. The second-order valence-corrected chi connectivity index (χ2v) is 7.03. The number of nitrogens with two attached hydrogens (primary N) is 1. The lowest BCUT2D eigenvalue weighted by molar-refractivity contribution is 0.340. The van der Waals surface area contributed by atoms with Gasteiger partial charge in [-0.15, -0.1) is 0 Å². The van der Waals surface area contributed by atoms with Gasteiger partial charge in [-0.3, -0.25) is 4.98 Å². The molecule has 0 aliphatic carbocycles. The molecule has 1 heterocycles. The third-order valence-corrected chi connectivity index (χ3v) is 4.80. The van der Waals surface area contributed by atoms with E-state index in [0.29, 0.717) is 5.75 Å². The predicted octanol–water partition coefficient (Wildman–Crippen LogP) is 2.28. The molecule has 7 heteroatoms. The molecule has 0 unspecified atom stereocenters. The molecule has 0 aliphatic heterocycles. The number of aromatic nitrogens is 1. The Kier molecular flexibility index (Phi) is 4.61. The van der Waals surface area contributed by atoms with Crippen molar-refractivity contribution in [2.24, 2.45) is 0 Å². The maximum absolute atomic E-state index is 12.1. The first-order valence-electron chi connectivity index (χ1n) is 5.80. The number of nitrogen functional groups attached to an aromatic ring is 1. The van der Waals surface area contributed by atoms with E-state index in [4.69, 9.17) is 10.5 Å². The zero-order valence-corrected chi connectivity index (χ0v) is 12.9. The maximum Gasteiger partial charge on any atom is 0.183 e. The molecule has 0 saturated carbocycles. The molecule has 0 spiro atoms. The summed E-state index contributed by atoms with van der Waals surface area (Å²) in [7, 11) is -3.47. The van der Waals surface area contributed by atoms with Gasteiger partial charge >= 0.3 is 0 Å². The van der Waals surface area contributed by atoms with Crippen LogP contribution in [0, 0.1) is 0 Å². The molecule has 5 nitrogen and oxygen atoms in total. The Labute approximate surface area is 125 Å². The van der Waals surface area contributed by atoms with Crippen LogP contribution < -0.4 is 10.5 Å². The first-order chi connectivity index (χ1) is 9.49. The van der Waals surface area contributed by atoms with Crippen LogP contribution in [0.2, 0.25) is 0 Å². The molecule has 0 radical (unpaired) electrons. The summed E-state index contributed by atoms with van der Waals surface area (Å²) in [4.78, 5) is 3.86. The van der Waals surface area contributed by atoms with Gasteiger partial charge in [-0.05, 0) is 24.3 Å². The molecule has 0 bridgehead atoms. The van der Waals surface area contributed by atoms with Crippen LogP contribution in [-0.4, -0.2) is 25.8 Å². The van der Waals surface area contributed by atoms with Gasteiger partial charge < -0.3 is 10.5 Å². The van der Waals surface area contributed by atoms with E-state index in [9.17, 15) is 8.42 Å². The van der Waals surface area contributed by atoms with Crippen LogP contribution in [0.1, 0.15) is 0 Å². The van der Waals surface area contributed by atoms with Crippen LogP contribution in [0.4, 0.5) is 5.69 Å². The highest BCUT2D eigenvalue weighted by atomic mass is 79.9. The lowest BCUT2D eigenvalue weighted by atomic mass is 10.3. The van der Waals surface area contributed by atoms with Crippen molar-refractivity contribution in [3.8, 4) is 5.75 Å². The van der Waals surface area contributed by atoms with Crippen molar-refractivity contribution >= 4 is 31.5 Å². The zero-order valence-electron chi connectivity index (χ0n) is 10.5. The van der Waals surface area contributed by atoms with Gasteiger partial charge in [0.05, 0.1) is 22.5 Å². The number of nitrogens with zero attached hydrogens (tertiary/aromatic N) is 1. The summed E-state index contributed by atoms with van der Waals surface area (Å²) in [6, 6.07) is 8.60. The van der Waals surface area contributed by atoms with Crippen molar-refractivity contribution in [1.82, 2.24) is 4.98 Å². The average molecular weight is 357 g/mol. The topological polar surface area (TPSA) is 82.3 Å². The van der Waals surface area contributed by atoms with E-state index in [1.54, 1.807) is 12.1 Å². The number of hydrogen-bond donors (Lipinski definition) is 1. The van der Waals surface area contributed by atoms with Gasteiger partial charge in [0.1, 0.15) is 12.4 Å². The number of halogens is 1. The van der Waals surface area contributed by atoms with E-state index in [0.717, 1.165) is 4.47 Å². The second-order valence-electron chi connectivity index (χ2n) is 4.04. The van der Waals surface area contributed by atoms with Crippen LogP contribution in [0.5, 0.6) is 5.75 Å². The number of anilines is 1. The lowest BCUT2D eigenvalue weighted by Crippen LogP contribution is -2.15. The highest BCUT2D eigenvalue weighted by Crippen LogP contribution is 2.20. The highest BCUT2D eigenvalue weighted by molar-refractivity contribution is 9.10. The van der Waals surface area contributed by atoms with Crippen molar-refractivity contribution in [2.75, 3.05) is 18.1 Å². The Morgan fingerprint density at radius 1 is 1.30 bits per heavy atom. The minimum atomic E-state index is -3.47. The number of sulfone groups is 1. The number of pyridine rings is 1. The van der Waals surface area contributed by atoms with Gasteiger partial charge in [-0.2, -0.15) is 0 Å². The van der Waals surface area contributed by atoms with Crippen LogP contribution >= 0.6 is 15.9 Å². The van der Waals surface area contributed by atoms with E-state index in [-0.39, 0.29) is 22.9 Å². The summed E-state index contributed by atoms with van der Waals surface area (Å²) >= 11 is 3.32. The number of rotatable bonds is 5. The first-order valence-corrected chi connectivity index (χ1v) is 8.24. The Morgan fingerprint density at radius 2 is 2.10 bits per heavy atom. The SMILES string of the molecule is Nc1cnccc1S(=O)(=O)CCOc1cccc(Br)c1. The minimum Gasteiger partial charge on any atom is -0.492 e. The van der Waals surface area contributed by atoms with Gasteiger partial charge in [0, 0.05) is 10.7 Å². The molecular weight excluding hydrogens is 344 g/mol. The van der Waals surface area contributed by atoms with Gasteiger partial charge in [-0.25, -0.2) is 8.42 Å². The highest BCUT2D eigenvalue weighted by Gasteiger charge is 2.17. The van der Waals surface area contributed by atoms with Crippen molar-refractivity contribution in [2.45, 2.75) is 4.90 Å². The molecule has 106 valence electrons. The molecule has 20 heavy (non-hydrogen) atoms. The van der Waals surface area contributed by atoms with Crippen molar-refractivity contribution in [3.63, 3.8) is 0 Å². The third-order valence-electron chi connectivity index (χ3n) is 2.56. The Hall–Kier alpha value is -1.60. The quantitative estimate of drug-likeness (QED) is 0.888. The molecule has 0 fully saturated rings. The lowest BCUT2D eigenvalue weighted by Gasteiger charge is -2.08. The maximum atomic E-state index is 12.1. The van der Waals surface area contributed by atoms with Crippen LogP contribution in [0.25, 0.3) is 0 Å². The number of benzene rings is 1. The largest absolute Gasteiger partial charge is 0.492 e. The van der Waals surface area contributed by atoms with Crippen LogP contribution in [-0.2, 0) is 9.84 Å². The summed E-state index contributed by atoms with van der Waals surface area (Å²) in [6.45, 7) is 0.0561. The zero-order chi connectivity index (χ0) is 14.6. The number of ether oxygens (including phenoxy) is 1. The molecule has 0 amide bonds. The van der Waals surface area contributed by atoms with E-state index in [1.807, 2.05) is 12.1 Å². The summed E-state index contributed by atoms with van der Waals surface area (Å²) in [5.74, 6) is 0.463. The van der Waals surface area contributed by atoms with E-state index >= 15 is 0 Å². The van der Waals surface area contributed by atoms with Crippen molar-refractivity contribution in [3.05, 3.63) is 47.2 Å².